The molecule has 112 valence electrons. The lowest BCUT2D eigenvalue weighted by Gasteiger charge is -2.09. The van der Waals surface area contributed by atoms with E-state index in [-0.39, 0.29) is 0 Å². The first kappa shape index (κ1) is 16.0. The Morgan fingerprint density at radius 1 is 1.33 bits per heavy atom. The van der Waals surface area contributed by atoms with Crippen molar-refractivity contribution in [3.05, 3.63) is 45.7 Å². The first-order chi connectivity index (χ1) is 10.1. The van der Waals surface area contributed by atoms with Gasteiger partial charge in [0.05, 0.1) is 15.9 Å². The number of hydrogen-bond acceptors (Lipinski definition) is 3. The summed E-state index contributed by atoms with van der Waals surface area (Å²) in [7, 11) is 0. The van der Waals surface area contributed by atoms with Crippen LogP contribution in [0.4, 0.5) is 0 Å². The molecule has 0 unspecified atom stereocenters. The van der Waals surface area contributed by atoms with Crippen LogP contribution in [0.25, 0.3) is 0 Å². The van der Waals surface area contributed by atoms with E-state index in [9.17, 15) is 0 Å². The highest BCUT2D eigenvalue weighted by atomic mass is 79.9. The normalized spacial score (nSPS) is 10.6. The number of ether oxygens (including phenoxy) is 1. The molecular weight excluding hydrogens is 350 g/mol. The number of thiocarbonyl (C=S) groups is 1. The highest BCUT2D eigenvalue weighted by Gasteiger charge is 2.14. The van der Waals surface area contributed by atoms with Crippen LogP contribution in [0.2, 0.25) is 0 Å². The third-order valence-electron chi connectivity index (χ3n) is 3.21. The van der Waals surface area contributed by atoms with Crippen LogP contribution >= 0.6 is 28.1 Å². The molecule has 0 radical (unpaired) electrons. The summed E-state index contributed by atoms with van der Waals surface area (Å²) in [5.74, 6) is 0.781. The summed E-state index contributed by atoms with van der Waals surface area (Å²) in [6.07, 6.45) is 0.892. The summed E-state index contributed by atoms with van der Waals surface area (Å²) in [5, 5.41) is 4.55. The first-order valence-electron chi connectivity index (χ1n) is 6.83. The maximum absolute atomic E-state index is 5.83. The van der Waals surface area contributed by atoms with Gasteiger partial charge in [-0.05, 0) is 53.5 Å². The summed E-state index contributed by atoms with van der Waals surface area (Å²) in [6.45, 7) is 5.44. The molecule has 0 fully saturated rings. The summed E-state index contributed by atoms with van der Waals surface area (Å²) < 4.78 is 8.83. The Bertz CT molecular complexity index is 637. The average molecular weight is 368 g/mol. The number of halogens is 1. The third kappa shape index (κ3) is 3.63. The minimum atomic E-state index is 0.390. The van der Waals surface area contributed by atoms with Crippen molar-refractivity contribution in [3.63, 3.8) is 0 Å². The maximum atomic E-state index is 5.83. The molecule has 0 saturated heterocycles. The molecule has 21 heavy (non-hydrogen) atoms. The fraction of sp³-hybridized carbons (Fsp3) is 0.333. The molecule has 2 rings (SSSR count). The number of rotatable bonds is 6. The molecule has 1 heterocycles. The molecule has 0 amide bonds. The Labute approximate surface area is 138 Å². The van der Waals surface area contributed by atoms with Crippen LogP contribution < -0.4 is 10.5 Å². The smallest absolute Gasteiger partial charge is 0.131 e. The summed E-state index contributed by atoms with van der Waals surface area (Å²) in [4.78, 5) is 0.390. The second-order valence-corrected chi connectivity index (χ2v) is 5.79. The molecule has 0 aliphatic rings. The molecule has 6 heteroatoms. The van der Waals surface area contributed by atoms with Gasteiger partial charge in [-0.15, -0.1) is 0 Å². The zero-order chi connectivity index (χ0) is 15.4. The van der Waals surface area contributed by atoms with Crippen molar-refractivity contribution in [1.82, 2.24) is 9.78 Å². The lowest BCUT2D eigenvalue weighted by Crippen LogP contribution is -2.09. The van der Waals surface area contributed by atoms with Crippen LogP contribution in [0.15, 0.2) is 28.7 Å². The van der Waals surface area contributed by atoms with E-state index in [2.05, 4.69) is 34.9 Å². The molecule has 1 aromatic carbocycles. The third-order valence-corrected chi connectivity index (χ3v) is 4.36. The van der Waals surface area contributed by atoms with Crippen molar-refractivity contribution in [1.29, 1.82) is 0 Å². The van der Waals surface area contributed by atoms with E-state index in [0.717, 1.165) is 40.1 Å². The van der Waals surface area contributed by atoms with E-state index in [4.69, 9.17) is 22.7 Å². The standard InChI is InChI=1S/C15H18BrN3OS/c1-3-12-14(16)13(19(4-2)18-12)9-20-11-7-5-10(6-8-11)15(17)21/h5-8H,3-4,9H2,1-2H3,(H2,17,21). The maximum Gasteiger partial charge on any atom is 0.131 e. The Hall–Kier alpha value is -1.40. The van der Waals surface area contributed by atoms with Crippen LogP contribution in [-0.4, -0.2) is 14.8 Å². The molecule has 2 aromatic rings. The minimum Gasteiger partial charge on any atom is -0.487 e. The van der Waals surface area contributed by atoms with Crippen LogP contribution in [-0.2, 0) is 19.6 Å². The molecule has 0 aliphatic heterocycles. The van der Waals surface area contributed by atoms with E-state index in [0.29, 0.717) is 11.6 Å². The van der Waals surface area contributed by atoms with Gasteiger partial charge >= 0.3 is 0 Å². The van der Waals surface area contributed by atoms with Crippen molar-refractivity contribution < 1.29 is 4.74 Å². The second kappa shape index (κ2) is 7.04. The summed E-state index contributed by atoms with van der Waals surface area (Å²) in [5.41, 5.74) is 8.52. The van der Waals surface area contributed by atoms with Crippen LogP contribution in [0, 0.1) is 0 Å². The quantitative estimate of drug-likeness (QED) is 0.794. The van der Waals surface area contributed by atoms with E-state index >= 15 is 0 Å². The highest BCUT2D eigenvalue weighted by molar-refractivity contribution is 9.10. The van der Waals surface area contributed by atoms with Crippen LogP contribution in [0.3, 0.4) is 0 Å². The van der Waals surface area contributed by atoms with Crippen molar-refractivity contribution in [2.75, 3.05) is 0 Å². The Balaban J connectivity index is 2.12. The molecular formula is C15H18BrN3OS. The second-order valence-electron chi connectivity index (χ2n) is 4.55. The van der Waals surface area contributed by atoms with Crippen molar-refractivity contribution >= 4 is 33.1 Å². The summed E-state index contributed by atoms with van der Waals surface area (Å²) in [6, 6.07) is 7.47. The topological polar surface area (TPSA) is 53.1 Å². The molecule has 1 aromatic heterocycles. The van der Waals surface area contributed by atoms with Gasteiger partial charge in [0, 0.05) is 12.1 Å². The van der Waals surface area contributed by atoms with Crippen LogP contribution in [0.5, 0.6) is 5.75 Å². The van der Waals surface area contributed by atoms with Crippen molar-refractivity contribution in [2.24, 2.45) is 5.73 Å². The van der Waals surface area contributed by atoms with Gasteiger partial charge in [0.1, 0.15) is 17.3 Å². The van der Waals surface area contributed by atoms with Crippen molar-refractivity contribution in [2.45, 2.75) is 33.4 Å². The van der Waals surface area contributed by atoms with Gasteiger partial charge in [-0.25, -0.2) is 0 Å². The Kier molecular flexibility index (Phi) is 5.36. The number of aryl methyl sites for hydroxylation is 2. The zero-order valence-corrected chi connectivity index (χ0v) is 14.5. The first-order valence-corrected chi connectivity index (χ1v) is 8.03. The van der Waals surface area contributed by atoms with Gasteiger partial charge in [0.2, 0.25) is 0 Å². The zero-order valence-electron chi connectivity index (χ0n) is 12.1. The SMILES string of the molecule is CCc1nn(CC)c(COc2ccc(C(N)=S)cc2)c1Br. The van der Waals surface area contributed by atoms with Gasteiger partial charge in [-0.2, -0.15) is 5.10 Å². The van der Waals surface area contributed by atoms with Gasteiger partial charge < -0.3 is 10.5 Å². The average Bonchev–Trinajstić information content (AvgIpc) is 2.81. The molecule has 0 aliphatic carbocycles. The monoisotopic (exact) mass is 367 g/mol. The van der Waals surface area contributed by atoms with Crippen LogP contribution in [0.1, 0.15) is 30.8 Å². The lowest BCUT2D eigenvalue weighted by molar-refractivity contribution is 0.291. The number of hydrogen-bond donors (Lipinski definition) is 1. The lowest BCUT2D eigenvalue weighted by atomic mass is 10.2. The van der Waals surface area contributed by atoms with Gasteiger partial charge in [0.15, 0.2) is 0 Å². The van der Waals surface area contributed by atoms with Gasteiger partial charge in [-0.1, -0.05) is 19.1 Å². The molecule has 4 nitrogen and oxygen atoms in total. The molecule has 0 saturated carbocycles. The Morgan fingerprint density at radius 2 is 2.00 bits per heavy atom. The fourth-order valence-electron chi connectivity index (χ4n) is 2.02. The Morgan fingerprint density at radius 3 is 2.52 bits per heavy atom. The highest BCUT2D eigenvalue weighted by Crippen LogP contribution is 2.24. The van der Waals surface area contributed by atoms with E-state index in [1.165, 1.54) is 0 Å². The van der Waals surface area contributed by atoms with Gasteiger partial charge in [0.25, 0.3) is 0 Å². The predicted molar refractivity (Wildman–Crippen MR) is 91.6 cm³/mol. The van der Waals surface area contributed by atoms with E-state index in [1.807, 2.05) is 28.9 Å². The van der Waals surface area contributed by atoms with E-state index in [1.54, 1.807) is 0 Å². The minimum absolute atomic E-state index is 0.390. The van der Waals surface area contributed by atoms with Gasteiger partial charge in [-0.3, -0.25) is 4.68 Å². The fourth-order valence-corrected chi connectivity index (χ4v) is 2.84. The largest absolute Gasteiger partial charge is 0.487 e. The number of aromatic nitrogens is 2. The predicted octanol–water partition coefficient (Wildman–Crippen LogP) is 3.44. The molecule has 0 atom stereocenters. The van der Waals surface area contributed by atoms with E-state index < -0.39 is 0 Å². The molecule has 0 spiro atoms. The number of nitrogens with two attached hydrogens (primary N) is 1. The molecule has 2 N–H and O–H groups in total. The summed E-state index contributed by atoms with van der Waals surface area (Å²) >= 11 is 8.54. The van der Waals surface area contributed by atoms with Crippen molar-refractivity contribution in [3.8, 4) is 5.75 Å². The molecule has 0 bridgehead atoms. The number of nitrogens with zero attached hydrogens (tertiary/aromatic N) is 2. The number of benzene rings is 1.